The highest BCUT2D eigenvalue weighted by Crippen LogP contribution is 2.21. The molecule has 1 atom stereocenters. The Labute approximate surface area is 117 Å². The molecule has 1 aromatic carbocycles. The van der Waals surface area contributed by atoms with Crippen LogP contribution in [0, 0.1) is 12.8 Å². The Morgan fingerprint density at radius 1 is 1.44 bits per heavy atom. The van der Waals surface area contributed by atoms with Crippen LogP contribution in [0.5, 0.6) is 0 Å². The summed E-state index contributed by atoms with van der Waals surface area (Å²) in [6.45, 7) is 6.10. The molecule has 0 aliphatic carbocycles. The molecule has 0 aliphatic heterocycles. The minimum Gasteiger partial charge on any atom is -0.396 e. The molecule has 1 unspecified atom stereocenters. The molecule has 1 rings (SSSR count). The number of nitrogens with one attached hydrogen (secondary N) is 1. The lowest BCUT2D eigenvalue weighted by atomic mass is 10.0. The van der Waals surface area contributed by atoms with Gasteiger partial charge < -0.3 is 10.4 Å². The Kier molecular flexibility index (Phi) is 5.82. The summed E-state index contributed by atoms with van der Waals surface area (Å²) < 4.78 is 0.828. The van der Waals surface area contributed by atoms with E-state index in [1.54, 1.807) is 6.07 Å². The van der Waals surface area contributed by atoms with Gasteiger partial charge in [0, 0.05) is 17.1 Å². The van der Waals surface area contributed by atoms with Crippen molar-refractivity contribution in [3.63, 3.8) is 0 Å². The van der Waals surface area contributed by atoms with Gasteiger partial charge in [-0.25, -0.2) is 0 Å². The lowest BCUT2D eigenvalue weighted by Crippen LogP contribution is -2.39. The van der Waals surface area contributed by atoms with E-state index in [2.05, 4.69) is 21.2 Å². The van der Waals surface area contributed by atoms with E-state index >= 15 is 0 Å². The quantitative estimate of drug-likeness (QED) is 0.878. The van der Waals surface area contributed by atoms with E-state index in [4.69, 9.17) is 5.11 Å². The molecule has 1 aromatic rings. The number of benzene rings is 1. The zero-order valence-corrected chi connectivity index (χ0v) is 12.6. The topological polar surface area (TPSA) is 49.3 Å². The summed E-state index contributed by atoms with van der Waals surface area (Å²) in [6, 6.07) is 5.61. The molecule has 3 nitrogen and oxygen atoms in total. The third kappa shape index (κ3) is 3.82. The highest BCUT2D eigenvalue weighted by Gasteiger charge is 2.18. The Morgan fingerprint density at radius 2 is 2.11 bits per heavy atom. The fraction of sp³-hybridized carbons (Fsp3) is 0.500. The van der Waals surface area contributed by atoms with E-state index in [-0.39, 0.29) is 18.6 Å². The molecule has 0 bridgehead atoms. The Bertz CT molecular complexity index is 418. The van der Waals surface area contributed by atoms with Gasteiger partial charge in [0.05, 0.1) is 5.56 Å². The third-order valence-electron chi connectivity index (χ3n) is 3.00. The predicted molar refractivity (Wildman–Crippen MR) is 76.7 cm³/mol. The minimum absolute atomic E-state index is 0.00471. The highest BCUT2D eigenvalue weighted by atomic mass is 79.9. The van der Waals surface area contributed by atoms with E-state index in [1.807, 2.05) is 32.9 Å². The maximum absolute atomic E-state index is 12.2. The van der Waals surface area contributed by atoms with Crippen LogP contribution in [0.4, 0.5) is 0 Å². The smallest absolute Gasteiger partial charge is 0.252 e. The average Bonchev–Trinajstić information content (AvgIpc) is 2.31. The standard InChI is InChI=1S/C14H20BrNO2/c1-9(2)12(7-8-17)16-14(18)11-6-4-5-10(3)13(11)15/h4-6,9,12,17H,7-8H2,1-3H3,(H,16,18). The summed E-state index contributed by atoms with van der Waals surface area (Å²) in [4.78, 5) is 12.2. The second-order valence-corrected chi connectivity index (χ2v) is 5.57. The van der Waals surface area contributed by atoms with Crippen LogP contribution in [0.25, 0.3) is 0 Å². The first-order valence-corrected chi connectivity index (χ1v) is 6.93. The number of hydrogen-bond acceptors (Lipinski definition) is 2. The number of carbonyl (C=O) groups is 1. The molecule has 0 fully saturated rings. The number of aliphatic hydroxyl groups is 1. The number of aliphatic hydroxyl groups excluding tert-OH is 1. The van der Waals surface area contributed by atoms with Crippen LogP contribution < -0.4 is 5.32 Å². The van der Waals surface area contributed by atoms with Gasteiger partial charge in [0.15, 0.2) is 0 Å². The number of hydrogen-bond donors (Lipinski definition) is 2. The van der Waals surface area contributed by atoms with Gasteiger partial charge >= 0.3 is 0 Å². The largest absolute Gasteiger partial charge is 0.396 e. The Hall–Kier alpha value is -0.870. The molecule has 0 saturated carbocycles. The zero-order chi connectivity index (χ0) is 13.7. The molecule has 0 aliphatic rings. The first-order valence-electron chi connectivity index (χ1n) is 6.14. The molecule has 0 spiro atoms. The second-order valence-electron chi connectivity index (χ2n) is 4.77. The van der Waals surface area contributed by atoms with E-state index < -0.39 is 0 Å². The first kappa shape index (κ1) is 15.2. The van der Waals surface area contributed by atoms with Crippen LogP contribution in [0.15, 0.2) is 22.7 Å². The van der Waals surface area contributed by atoms with E-state index in [1.165, 1.54) is 0 Å². The first-order chi connectivity index (χ1) is 8.47. The number of halogens is 1. The maximum atomic E-state index is 12.2. The maximum Gasteiger partial charge on any atom is 0.252 e. The molecule has 0 radical (unpaired) electrons. The van der Waals surface area contributed by atoms with Gasteiger partial charge in [-0.2, -0.15) is 0 Å². The number of aryl methyl sites for hydroxylation is 1. The van der Waals surface area contributed by atoms with Crippen molar-refractivity contribution in [3.8, 4) is 0 Å². The van der Waals surface area contributed by atoms with Crippen LogP contribution in [0.3, 0.4) is 0 Å². The van der Waals surface area contributed by atoms with Crippen LogP contribution in [-0.4, -0.2) is 23.7 Å². The van der Waals surface area contributed by atoms with Crippen molar-refractivity contribution in [2.75, 3.05) is 6.61 Å². The molecule has 0 saturated heterocycles. The SMILES string of the molecule is Cc1cccc(C(=O)NC(CCO)C(C)C)c1Br. The number of amides is 1. The van der Waals surface area contributed by atoms with Crippen molar-refractivity contribution in [1.29, 1.82) is 0 Å². The summed E-state index contributed by atoms with van der Waals surface area (Å²) in [5, 5.41) is 12.0. The molecule has 4 heteroatoms. The summed E-state index contributed by atoms with van der Waals surface area (Å²) >= 11 is 3.44. The van der Waals surface area contributed by atoms with E-state index in [0.29, 0.717) is 17.9 Å². The summed E-state index contributed by atoms with van der Waals surface area (Å²) in [5.41, 5.74) is 1.67. The van der Waals surface area contributed by atoms with Crippen molar-refractivity contribution in [2.24, 2.45) is 5.92 Å². The van der Waals surface area contributed by atoms with Gasteiger partial charge in [-0.3, -0.25) is 4.79 Å². The molecule has 0 aromatic heterocycles. The van der Waals surface area contributed by atoms with Crippen LogP contribution in [0.2, 0.25) is 0 Å². The molecular weight excluding hydrogens is 294 g/mol. The average molecular weight is 314 g/mol. The molecule has 2 N–H and O–H groups in total. The molecule has 0 heterocycles. The predicted octanol–water partition coefficient (Wildman–Crippen LogP) is 2.89. The van der Waals surface area contributed by atoms with E-state index in [0.717, 1.165) is 10.0 Å². The Morgan fingerprint density at radius 3 is 2.67 bits per heavy atom. The van der Waals surface area contributed by atoms with Gasteiger partial charge in [-0.05, 0) is 46.8 Å². The normalized spacial score (nSPS) is 12.6. The third-order valence-corrected chi connectivity index (χ3v) is 4.05. The summed E-state index contributed by atoms with van der Waals surface area (Å²) in [6.07, 6.45) is 0.576. The fourth-order valence-corrected chi connectivity index (χ4v) is 2.22. The van der Waals surface area contributed by atoms with Crippen molar-refractivity contribution < 1.29 is 9.90 Å². The fourth-order valence-electron chi connectivity index (χ4n) is 1.78. The summed E-state index contributed by atoms with van der Waals surface area (Å²) in [5.74, 6) is 0.197. The van der Waals surface area contributed by atoms with Gasteiger partial charge in [-0.15, -0.1) is 0 Å². The number of carbonyl (C=O) groups excluding carboxylic acids is 1. The summed E-state index contributed by atoms with van der Waals surface area (Å²) in [7, 11) is 0. The van der Waals surface area contributed by atoms with Crippen LogP contribution in [0.1, 0.15) is 36.2 Å². The van der Waals surface area contributed by atoms with E-state index in [9.17, 15) is 4.79 Å². The molecule has 100 valence electrons. The Balaban J connectivity index is 2.84. The lowest BCUT2D eigenvalue weighted by Gasteiger charge is -2.22. The molecule has 1 amide bonds. The molecular formula is C14H20BrNO2. The zero-order valence-electron chi connectivity index (χ0n) is 11.0. The van der Waals surface area contributed by atoms with Gasteiger partial charge in [0.2, 0.25) is 0 Å². The van der Waals surface area contributed by atoms with Crippen LogP contribution in [-0.2, 0) is 0 Å². The lowest BCUT2D eigenvalue weighted by molar-refractivity contribution is 0.0915. The van der Waals surface area contributed by atoms with Gasteiger partial charge in [-0.1, -0.05) is 26.0 Å². The van der Waals surface area contributed by atoms with Crippen molar-refractivity contribution in [1.82, 2.24) is 5.32 Å². The van der Waals surface area contributed by atoms with Crippen LogP contribution >= 0.6 is 15.9 Å². The van der Waals surface area contributed by atoms with Crippen molar-refractivity contribution in [2.45, 2.75) is 33.2 Å². The van der Waals surface area contributed by atoms with Gasteiger partial charge in [0.1, 0.15) is 0 Å². The number of rotatable bonds is 5. The minimum atomic E-state index is -0.0993. The van der Waals surface area contributed by atoms with Crippen molar-refractivity contribution >= 4 is 21.8 Å². The van der Waals surface area contributed by atoms with Gasteiger partial charge in [0.25, 0.3) is 5.91 Å². The molecule has 18 heavy (non-hydrogen) atoms. The second kappa shape index (κ2) is 6.90. The van der Waals surface area contributed by atoms with Crippen molar-refractivity contribution in [3.05, 3.63) is 33.8 Å². The highest BCUT2D eigenvalue weighted by molar-refractivity contribution is 9.10. The monoisotopic (exact) mass is 313 g/mol.